The van der Waals surface area contributed by atoms with Crippen molar-refractivity contribution < 1.29 is 0 Å². The Labute approximate surface area is 58.7 Å². The van der Waals surface area contributed by atoms with Gasteiger partial charge in [-0.3, -0.25) is 0 Å². The van der Waals surface area contributed by atoms with E-state index in [1.165, 1.54) is 25.7 Å². The van der Waals surface area contributed by atoms with Crippen LogP contribution in [0.4, 0.5) is 0 Å². The fraction of sp³-hybridized carbons (Fsp3) is 1.00. The highest BCUT2D eigenvalue weighted by molar-refractivity contribution is 4.76. The Morgan fingerprint density at radius 3 is 2.33 bits per heavy atom. The maximum atomic E-state index is 2.39. The molecule has 1 aliphatic rings. The zero-order valence-electron chi connectivity index (χ0n) is 6.91. The number of rotatable bonds is 0. The summed E-state index contributed by atoms with van der Waals surface area (Å²) < 4.78 is 0. The van der Waals surface area contributed by atoms with Gasteiger partial charge in [-0.25, -0.2) is 0 Å². The molecule has 0 spiro atoms. The smallest absolute Gasteiger partial charge is 0.0352 e. The van der Waals surface area contributed by atoms with Gasteiger partial charge in [0, 0.05) is 0 Å². The minimum atomic E-state index is 0.650. The van der Waals surface area contributed by atoms with Gasteiger partial charge in [-0.05, 0) is 24.2 Å². The summed E-state index contributed by atoms with van der Waals surface area (Å²) in [6.45, 7) is 7.16. The van der Waals surface area contributed by atoms with Crippen molar-refractivity contribution in [2.75, 3.05) is 0 Å². The lowest BCUT2D eigenvalue weighted by Crippen LogP contribution is -2.20. The van der Waals surface area contributed by atoms with Crippen molar-refractivity contribution in [2.45, 2.75) is 46.5 Å². The minimum Gasteiger partial charge on any atom is -0.0625 e. The van der Waals surface area contributed by atoms with Gasteiger partial charge >= 0.3 is 0 Å². The fourth-order valence-corrected chi connectivity index (χ4v) is 2.08. The Balaban J connectivity index is 2.41. The van der Waals surface area contributed by atoms with Crippen LogP contribution in [0.5, 0.6) is 0 Å². The van der Waals surface area contributed by atoms with E-state index in [-0.39, 0.29) is 0 Å². The van der Waals surface area contributed by atoms with Gasteiger partial charge < -0.3 is 0 Å². The molecule has 9 heavy (non-hydrogen) atoms. The van der Waals surface area contributed by atoms with E-state index < -0.39 is 0 Å². The lowest BCUT2D eigenvalue weighted by atomic mass is 9.73. The van der Waals surface area contributed by atoms with Crippen molar-refractivity contribution in [2.24, 2.45) is 11.3 Å². The zero-order valence-corrected chi connectivity index (χ0v) is 6.91. The summed E-state index contributed by atoms with van der Waals surface area (Å²) in [6, 6.07) is 0. The van der Waals surface area contributed by atoms with E-state index >= 15 is 0 Å². The molecule has 0 aromatic carbocycles. The number of hydrogen-bond acceptors (Lipinski definition) is 0. The maximum Gasteiger partial charge on any atom is -0.0352 e. The third-order valence-corrected chi connectivity index (χ3v) is 2.45. The molecule has 0 aromatic heterocycles. The average Bonchev–Trinajstić information content (AvgIpc) is 1.60. The lowest BCUT2D eigenvalue weighted by Gasteiger charge is -2.33. The molecule has 1 fully saturated rings. The van der Waals surface area contributed by atoms with E-state index in [4.69, 9.17) is 0 Å². The predicted molar refractivity (Wildman–Crippen MR) is 41.4 cm³/mol. The van der Waals surface area contributed by atoms with Crippen LogP contribution in [0.3, 0.4) is 0 Å². The molecule has 54 valence electrons. The first-order chi connectivity index (χ1) is 4.10. The molecule has 0 nitrogen and oxygen atoms in total. The zero-order chi connectivity index (χ0) is 6.91. The third-order valence-electron chi connectivity index (χ3n) is 2.45. The van der Waals surface area contributed by atoms with Crippen LogP contribution < -0.4 is 0 Å². The normalized spacial score (nSPS) is 34.3. The van der Waals surface area contributed by atoms with E-state index in [0.717, 1.165) is 5.92 Å². The van der Waals surface area contributed by atoms with Gasteiger partial charge in [0.2, 0.25) is 0 Å². The Hall–Kier alpha value is 0. The predicted octanol–water partition coefficient (Wildman–Crippen LogP) is 3.22. The average molecular weight is 126 g/mol. The summed E-state index contributed by atoms with van der Waals surface area (Å²) >= 11 is 0. The molecule has 0 radical (unpaired) electrons. The van der Waals surface area contributed by atoms with Crippen LogP contribution in [0.25, 0.3) is 0 Å². The van der Waals surface area contributed by atoms with Gasteiger partial charge in [0.15, 0.2) is 0 Å². The molecular weight excluding hydrogens is 108 g/mol. The van der Waals surface area contributed by atoms with Crippen molar-refractivity contribution in [1.82, 2.24) is 0 Å². The van der Waals surface area contributed by atoms with Crippen LogP contribution in [-0.2, 0) is 0 Å². The van der Waals surface area contributed by atoms with Gasteiger partial charge in [0.25, 0.3) is 0 Å². The van der Waals surface area contributed by atoms with Crippen molar-refractivity contribution in [1.29, 1.82) is 0 Å². The van der Waals surface area contributed by atoms with Gasteiger partial charge in [-0.15, -0.1) is 0 Å². The molecule has 0 N–H and O–H groups in total. The summed E-state index contributed by atoms with van der Waals surface area (Å²) in [5.41, 5.74) is 0.650. The summed E-state index contributed by atoms with van der Waals surface area (Å²) in [4.78, 5) is 0. The van der Waals surface area contributed by atoms with Gasteiger partial charge in [0.1, 0.15) is 0 Å². The summed E-state index contributed by atoms with van der Waals surface area (Å²) in [5, 5.41) is 0. The summed E-state index contributed by atoms with van der Waals surface area (Å²) in [7, 11) is 0. The molecule has 0 heterocycles. The summed E-state index contributed by atoms with van der Waals surface area (Å²) in [6.07, 6.45) is 5.79. The Morgan fingerprint density at radius 1 is 1.33 bits per heavy atom. The molecule has 0 unspecified atom stereocenters. The standard InChI is InChI=1S/C9H18/c1-8-5-4-6-9(2,3)7-8/h8H,4-7H2,1-3H3/t8-/m0/s1. The first-order valence-corrected chi connectivity index (χ1v) is 4.10. The van der Waals surface area contributed by atoms with Crippen LogP contribution >= 0.6 is 0 Å². The molecular formula is C9H18. The highest BCUT2D eigenvalue weighted by Gasteiger charge is 2.24. The first kappa shape index (κ1) is 7.11. The van der Waals surface area contributed by atoms with E-state index in [0.29, 0.717) is 5.41 Å². The second-order valence-corrected chi connectivity index (χ2v) is 4.37. The SMILES string of the molecule is C[C@H]1CCCC(C)(C)C1. The van der Waals surface area contributed by atoms with Gasteiger partial charge in [-0.2, -0.15) is 0 Å². The Morgan fingerprint density at radius 2 is 2.00 bits per heavy atom. The summed E-state index contributed by atoms with van der Waals surface area (Å²) in [5.74, 6) is 0.980. The topological polar surface area (TPSA) is 0 Å². The van der Waals surface area contributed by atoms with Gasteiger partial charge in [-0.1, -0.05) is 33.6 Å². The van der Waals surface area contributed by atoms with Gasteiger partial charge in [0.05, 0.1) is 0 Å². The van der Waals surface area contributed by atoms with Crippen LogP contribution in [0.15, 0.2) is 0 Å². The van der Waals surface area contributed by atoms with Crippen LogP contribution in [0.2, 0.25) is 0 Å². The van der Waals surface area contributed by atoms with Crippen molar-refractivity contribution in [3.8, 4) is 0 Å². The van der Waals surface area contributed by atoms with E-state index in [1.54, 1.807) is 0 Å². The van der Waals surface area contributed by atoms with E-state index in [9.17, 15) is 0 Å². The lowest BCUT2D eigenvalue weighted by molar-refractivity contribution is 0.191. The monoisotopic (exact) mass is 126 g/mol. The van der Waals surface area contributed by atoms with Crippen molar-refractivity contribution >= 4 is 0 Å². The molecule has 0 amide bonds. The largest absolute Gasteiger partial charge is 0.0625 e. The first-order valence-electron chi connectivity index (χ1n) is 4.10. The quantitative estimate of drug-likeness (QED) is 0.467. The Bertz CT molecular complexity index is 92.2. The fourth-order valence-electron chi connectivity index (χ4n) is 2.08. The molecule has 1 rings (SSSR count). The Kier molecular flexibility index (Phi) is 1.83. The van der Waals surface area contributed by atoms with Crippen LogP contribution in [0, 0.1) is 11.3 Å². The maximum absolute atomic E-state index is 2.39. The van der Waals surface area contributed by atoms with E-state index in [1.807, 2.05) is 0 Å². The van der Waals surface area contributed by atoms with Crippen LogP contribution in [-0.4, -0.2) is 0 Å². The highest BCUT2D eigenvalue weighted by Crippen LogP contribution is 2.37. The molecule has 0 heteroatoms. The molecule has 0 aliphatic heterocycles. The molecule has 0 saturated heterocycles. The molecule has 0 bridgehead atoms. The third kappa shape index (κ3) is 2.00. The number of hydrogen-bond donors (Lipinski definition) is 0. The molecule has 1 saturated carbocycles. The molecule has 0 aromatic rings. The van der Waals surface area contributed by atoms with Crippen molar-refractivity contribution in [3.05, 3.63) is 0 Å². The van der Waals surface area contributed by atoms with Crippen molar-refractivity contribution in [3.63, 3.8) is 0 Å². The molecule has 1 aliphatic carbocycles. The minimum absolute atomic E-state index is 0.650. The highest BCUT2D eigenvalue weighted by atomic mass is 14.3. The second kappa shape index (κ2) is 2.32. The van der Waals surface area contributed by atoms with Crippen LogP contribution in [0.1, 0.15) is 46.5 Å². The second-order valence-electron chi connectivity index (χ2n) is 4.37. The van der Waals surface area contributed by atoms with E-state index in [2.05, 4.69) is 20.8 Å². The molecule has 1 atom stereocenters.